The number of anilines is 1. The molecule has 0 bridgehead atoms. The van der Waals surface area contributed by atoms with Gasteiger partial charge in [0.15, 0.2) is 5.82 Å². The Hall–Kier alpha value is -1.66. The Balaban J connectivity index is 2.03. The molecule has 1 saturated heterocycles. The van der Waals surface area contributed by atoms with E-state index in [1.165, 1.54) is 0 Å². The lowest BCUT2D eigenvalue weighted by Gasteiger charge is -2.40. The Bertz CT molecular complexity index is 578. The summed E-state index contributed by atoms with van der Waals surface area (Å²) in [6.45, 7) is 5.61. The summed E-state index contributed by atoms with van der Waals surface area (Å²) in [5.74, 6) is 0.992. The fourth-order valence-corrected chi connectivity index (χ4v) is 2.74. The van der Waals surface area contributed by atoms with Crippen LogP contribution in [0, 0.1) is 6.92 Å². The lowest BCUT2D eigenvalue weighted by molar-refractivity contribution is 0.269. The Morgan fingerprint density at radius 1 is 1.42 bits per heavy atom. The molecule has 2 aromatic rings. The summed E-state index contributed by atoms with van der Waals surface area (Å²) in [5, 5.41) is 4.44. The molecule has 6 heteroatoms. The molecule has 2 aromatic heterocycles. The summed E-state index contributed by atoms with van der Waals surface area (Å²) < 4.78 is 1.89. The minimum absolute atomic E-state index is 0.313. The maximum Gasteiger partial charge on any atom is 0.155 e. The van der Waals surface area contributed by atoms with Crippen LogP contribution in [0.1, 0.15) is 5.69 Å². The Morgan fingerprint density at radius 3 is 3.05 bits per heavy atom. The molecular weight excluding hydrogens is 240 g/mol. The molecule has 0 spiro atoms. The molecule has 0 amide bonds. The quantitative estimate of drug-likeness (QED) is 0.831. The Morgan fingerprint density at radius 2 is 2.26 bits per heavy atom. The second-order valence-corrected chi connectivity index (χ2v) is 5.21. The van der Waals surface area contributed by atoms with Crippen LogP contribution >= 0.6 is 0 Å². The fraction of sp³-hybridized carbons (Fsp3) is 0.538. The van der Waals surface area contributed by atoms with Crippen molar-refractivity contribution in [1.29, 1.82) is 0 Å². The van der Waals surface area contributed by atoms with E-state index in [9.17, 15) is 0 Å². The van der Waals surface area contributed by atoms with Crippen molar-refractivity contribution in [2.45, 2.75) is 13.0 Å². The summed E-state index contributed by atoms with van der Waals surface area (Å²) in [6.07, 6.45) is 3.69. The molecule has 0 saturated carbocycles. The summed E-state index contributed by atoms with van der Waals surface area (Å²) >= 11 is 0. The minimum atomic E-state index is 0.313. The molecule has 19 heavy (non-hydrogen) atoms. The molecule has 1 unspecified atom stereocenters. The highest BCUT2D eigenvalue weighted by Crippen LogP contribution is 2.23. The van der Waals surface area contributed by atoms with Crippen LogP contribution in [0.15, 0.2) is 18.5 Å². The lowest BCUT2D eigenvalue weighted by atomic mass is 10.1. The van der Waals surface area contributed by atoms with Crippen LogP contribution in [0.5, 0.6) is 0 Å². The van der Waals surface area contributed by atoms with Gasteiger partial charge in [-0.25, -0.2) is 9.50 Å². The number of aryl methyl sites for hydroxylation is 1. The van der Waals surface area contributed by atoms with Crippen molar-refractivity contribution < 1.29 is 0 Å². The number of piperazine rings is 1. The predicted molar refractivity (Wildman–Crippen MR) is 75.4 cm³/mol. The van der Waals surface area contributed by atoms with Crippen LogP contribution in [0.4, 0.5) is 5.82 Å². The maximum absolute atomic E-state index is 5.92. The van der Waals surface area contributed by atoms with Crippen molar-refractivity contribution in [1.82, 2.24) is 19.5 Å². The van der Waals surface area contributed by atoms with E-state index in [4.69, 9.17) is 5.73 Å². The second kappa shape index (κ2) is 4.79. The molecule has 102 valence electrons. The topological polar surface area (TPSA) is 62.7 Å². The van der Waals surface area contributed by atoms with Gasteiger partial charge in [0.1, 0.15) is 5.52 Å². The highest BCUT2D eigenvalue weighted by Gasteiger charge is 2.26. The first-order valence-electron chi connectivity index (χ1n) is 6.65. The molecule has 6 nitrogen and oxygen atoms in total. The first kappa shape index (κ1) is 12.4. The van der Waals surface area contributed by atoms with Crippen LogP contribution in [-0.2, 0) is 0 Å². The van der Waals surface area contributed by atoms with Crippen molar-refractivity contribution in [2.24, 2.45) is 5.73 Å². The first-order valence-corrected chi connectivity index (χ1v) is 6.65. The van der Waals surface area contributed by atoms with Crippen LogP contribution in [-0.4, -0.2) is 58.8 Å². The normalized spacial score (nSPS) is 21.2. The molecular formula is C13H20N6. The molecule has 1 aliphatic rings. The highest BCUT2D eigenvalue weighted by molar-refractivity contribution is 5.69. The van der Waals surface area contributed by atoms with Gasteiger partial charge in [0.2, 0.25) is 0 Å². The van der Waals surface area contributed by atoms with Gasteiger partial charge >= 0.3 is 0 Å². The molecule has 1 fully saturated rings. The van der Waals surface area contributed by atoms with Crippen molar-refractivity contribution >= 4 is 11.3 Å². The van der Waals surface area contributed by atoms with E-state index in [1.54, 1.807) is 6.20 Å². The predicted octanol–water partition coefficient (Wildman–Crippen LogP) is 0.117. The van der Waals surface area contributed by atoms with Crippen molar-refractivity contribution in [3.05, 3.63) is 24.2 Å². The Labute approximate surface area is 112 Å². The fourth-order valence-electron chi connectivity index (χ4n) is 2.74. The third kappa shape index (κ3) is 2.17. The highest BCUT2D eigenvalue weighted by atomic mass is 15.3. The third-order valence-electron chi connectivity index (χ3n) is 3.72. The smallest absolute Gasteiger partial charge is 0.155 e. The third-order valence-corrected chi connectivity index (χ3v) is 3.72. The molecule has 0 aromatic carbocycles. The summed E-state index contributed by atoms with van der Waals surface area (Å²) in [7, 11) is 2.14. The van der Waals surface area contributed by atoms with Gasteiger partial charge in [-0.15, -0.1) is 0 Å². The SMILES string of the molecule is Cc1cc2c(N3CCN(C)CC3CN)nccn2n1. The Kier molecular flexibility index (Phi) is 3.12. The zero-order valence-corrected chi connectivity index (χ0v) is 11.5. The van der Waals surface area contributed by atoms with Gasteiger partial charge in [-0.3, -0.25) is 0 Å². The molecule has 0 aliphatic carbocycles. The van der Waals surface area contributed by atoms with E-state index in [1.807, 2.05) is 17.6 Å². The zero-order valence-electron chi connectivity index (χ0n) is 11.5. The standard InChI is InChI=1S/C13H20N6/c1-10-7-12-13(15-3-4-19(12)16-10)18-6-5-17(2)9-11(18)8-14/h3-4,7,11H,5-6,8-9,14H2,1-2H3. The maximum atomic E-state index is 5.92. The molecule has 1 aliphatic heterocycles. The summed E-state index contributed by atoms with van der Waals surface area (Å²) in [5.41, 5.74) is 7.99. The van der Waals surface area contributed by atoms with E-state index in [0.717, 1.165) is 36.7 Å². The molecule has 1 atom stereocenters. The number of aromatic nitrogens is 3. The van der Waals surface area contributed by atoms with E-state index in [-0.39, 0.29) is 0 Å². The number of fused-ring (bicyclic) bond motifs is 1. The first-order chi connectivity index (χ1) is 9.19. The number of likely N-dealkylation sites (N-methyl/N-ethyl adjacent to an activating group) is 1. The summed E-state index contributed by atoms with van der Waals surface area (Å²) in [6, 6.07) is 2.39. The molecule has 0 radical (unpaired) electrons. The zero-order chi connectivity index (χ0) is 13.4. The van der Waals surface area contributed by atoms with Gasteiger partial charge in [0, 0.05) is 38.6 Å². The van der Waals surface area contributed by atoms with Crippen LogP contribution in [0.2, 0.25) is 0 Å². The van der Waals surface area contributed by atoms with E-state index in [2.05, 4.69) is 33.0 Å². The average molecular weight is 260 g/mol. The largest absolute Gasteiger partial charge is 0.348 e. The average Bonchev–Trinajstić information content (AvgIpc) is 2.78. The van der Waals surface area contributed by atoms with E-state index < -0.39 is 0 Å². The van der Waals surface area contributed by atoms with Crippen LogP contribution in [0.3, 0.4) is 0 Å². The van der Waals surface area contributed by atoms with Gasteiger partial charge < -0.3 is 15.5 Å². The summed E-state index contributed by atoms with van der Waals surface area (Å²) in [4.78, 5) is 9.19. The van der Waals surface area contributed by atoms with Gasteiger partial charge in [0.25, 0.3) is 0 Å². The number of hydrogen-bond acceptors (Lipinski definition) is 5. The van der Waals surface area contributed by atoms with Gasteiger partial charge in [0.05, 0.1) is 11.7 Å². The van der Waals surface area contributed by atoms with Crippen LogP contribution < -0.4 is 10.6 Å². The number of hydrogen-bond donors (Lipinski definition) is 1. The number of nitrogens with zero attached hydrogens (tertiary/aromatic N) is 5. The molecule has 2 N–H and O–H groups in total. The number of nitrogens with two attached hydrogens (primary N) is 1. The van der Waals surface area contributed by atoms with Gasteiger partial charge in [-0.05, 0) is 20.0 Å². The van der Waals surface area contributed by atoms with Crippen molar-refractivity contribution in [3.63, 3.8) is 0 Å². The van der Waals surface area contributed by atoms with Crippen molar-refractivity contribution in [2.75, 3.05) is 38.1 Å². The molecule has 3 rings (SSSR count). The van der Waals surface area contributed by atoms with Crippen LogP contribution in [0.25, 0.3) is 5.52 Å². The molecule has 3 heterocycles. The van der Waals surface area contributed by atoms with Crippen molar-refractivity contribution in [3.8, 4) is 0 Å². The monoisotopic (exact) mass is 260 g/mol. The minimum Gasteiger partial charge on any atom is -0.348 e. The van der Waals surface area contributed by atoms with Gasteiger partial charge in [-0.2, -0.15) is 5.10 Å². The lowest BCUT2D eigenvalue weighted by Crippen LogP contribution is -2.55. The number of rotatable bonds is 2. The van der Waals surface area contributed by atoms with Gasteiger partial charge in [-0.1, -0.05) is 0 Å². The second-order valence-electron chi connectivity index (χ2n) is 5.21. The van der Waals surface area contributed by atoms with E-state index in [0.29, 0.717) is 12.6 Å². The van der Waals surface area contributed by atoms with E-state index >= 15 is 0 Å².